The third-order valence-electron chi connectivity index (χ3n) is 1.32. The van der Waals surface area contributed by atoms with Crippen molar-refractivity contribution in [3.63, 3.8) is 0 Å². The van der Waals surface area contributed by atoms with Gasteiger partial charge in [-0.1, -0.05) is 6.92 Å². The van der Waals surface area contributed by atoms with Crippen LogP contribution in [-0.4, -0.2) is 9.78 Å². The van der Waals surface area contributed by atoms with E-state index < -0.39 is 0 Å². The van der Waals surface area contributed by atoms with Gasteiger partial charge in [0.05, 0.1) is 6.20 Å². The summed E-state index contributed by atoms with van der Waals surface area (Å²) in [5, 5.41) is 6.59. The summed E-state index contributed by atoms with van der Waals surface area (Å²) in [5.74, 6) is 0.202. The highest BCUT2D eigenvalue weighted by atomic mass is 16.3. The minimum Gasteiger partial charge on any atom is -0.380 e. The van der Waals surface area contributed by atoms with Gasteiger partial charge in [0.15, 0.2) is 11.5 Å². The minimum atomic E-state index is 0.202. The average molecular weight is 154 g/mol. The van der Waals surface area contributed by atoms with Gasteiger partial charge in [0.2, 0.25) is 0 Å². The fourth-order valence-corrected chi connectivity index (χ4v) is 0.840. The van der Waals surface area contributed by atoms with Gasteiger partial charge in [-0.2, -0.15) is 5.10 Å². The van der Waals surface area contributed by atoms with Crippen molar-refractivity contribution in [2.75, 3.05) is 5.73 Å². The largest absolute Gasteiger partial charge is 0.380 e. The van der Waals surface area contributed by atoms with Crippen molar-refractivity contribution in [3.05, 3.63) is 11.1 Å². The molecule has 0 amide bonds. The Bertz CT molecular complexity index is 255. The van der Waals surface area contributed by atoms with Gasteiger partial charge >= 0.3 is 0 Å². The molecule has 1 aromatic rings. The lowest BCUT2D eigenvalue weighted by Gasteiger charge is -1.93. The highest BCUT2D eigenvalue weighted by Crippen LogP contribution is 2.18. The molecule has 5 heteroatoms. The molecule has 2 N–H and O–H groups in total. The smallest absolute Gasteiger partial charge is 0.175 e. The highest BCUT2D eigenvalue weighted by molar-refractivity contribution is 5.55. The summed E-state index contributed by atoms with van der Waals surface area (Å²) < 4.78 is 1.62. The number of aromatic nitrogens is 2. The molecule has 1 aromatic heterocycles. The summed E-state index contributed by atoms with van der Waals surface area (Å²) in [4.78, 5) is 10.1. The molecule has 0 radical (unpaired) electrons. The monoisotopic (exact) mass is 154 g/mol. The van der Waals surface area contributed by atoms with Gasteiger partial charge in [0.25, 0.3) is 0 Å². The number of aryl methyl sites for hydroxylation is 1. The Morgan fingerprint density at radius 3 is 3.00 bits per heavy atom. The molecular formula is C6H10N4O. The lowest BCUT2D eigenvalue weighted by Crippen LogP contribution is -1.97. The van der Waals surface area contributed by atoms with Crippen LogP contribution in [0.5, 0.6) is 0 Å². The van der Waals surface area contributed by atoms with Crippen LogP contribution in [0.15, 0.2) is 11.4 Å². The van der Waals surface area contributed by atoms with E-state index in [-0.39, 0.29) is 11.5 Å². The topological polar surface area (TPSA) is 73.3 Å². The third-order valence-corrected chi connectivity index (χ3v) is 1.32. The second kappa shape index (κ2) is 3.14. The van der Waals surface area contributed by atoms with Crippen LogP contribution >= 0.6 is 0 Å². The molecule has 0 bridgehead atoms. The van der Waals surface area contributed by atoms with Crippen molar-refractivity contribution in [2.45, 2.75) is 19.9 Å². The average Bonchev–Trinajstić information content (AvgIpc) is 2.32. The minimum absolute atomic E-state index is 0.202. The van der Waals surface area contributed by atoms with Crippen LogP contribution in [0.3, 0.4) is 0 Å². The number of nitrogen functional groups attached to an aromatic ring is 1. The van der Waals surface area contributed by atoms with E-state index in [1.54, 1.807) is 10.9 Å². The Hall–Kier alpha value is -1.39. The Labute approximate surface area is 64.2 Å². The van der Waals surface area contributed by atoms with E-state index in [0.717, 1.165) is 13.0 Å². The Balaban J connectivity index is 2.86. The Morgan fingerprint density at radius 1 is 1.82 bits per heavy atom. The summed E-state index contributed by atoms with van der Waals surface area (Å²) in [6, 6.07) is 0. The van der Waals surface area contributed by atoms with E-state index in [1.807, 2.05) is 6.92 Å². The predicted octanol–water partition coefficient (Wildman–Crippen LogP) is 1.27. The van der Waals surface area contributed by atoms with Crippen molar-refractivity contribution in [2.24, 2.45) is 5.18 Å². The van der Waals surface area contributed by atoms with E-state index in [1.165, 1.54) is 0 Å². The maximum absolute atomic E-state index is 10.1. The van der Waals surface area contributed by atoms with Crippen molar-refractivity contribution >= 4 is 11.5 Å². The first-order valence-electron chi connectivity index (χ1n) is 3.44. The molecule has 0 unspecified atom stereocenters. The lowest BCUT2D eigenvalue weighted by molar-refractivity contribution is 0.605. The van der Waals surface area contributed by atoms with Crippen molar-refractivity contribution in [1.29, 1.82) is 0 Å². The van der Waals surface area contributed by atoms with Gasteiger partial charge in [-0.25, -0.2) is 0 Å². The fraction of sp³-hybridized carbons (Fsp3) is 0.500. The van der Waals surface area contributed by atoms with Crippen LogP contribution in [0.2, 0.25) is 0 Å². The molecule has 0 atom stereocenters. The summed E-state index contributed by atoms with van der Waals surface area (Å²) in [6.07, 6.45) is 2.51. The van der Waals surface area contributed by atoms with Crippen LogP contribution in [0.4, 0.5) is 11.5 Å². The normalized spacial score (nSPS) is 9.91. The van der Waals surface area contributed by atoms with Gasteiger partial charge in [-0.3, -0.25) is 4.68 Å². The molecule has 0 fully saturated rings. The SMILES string of the molecule is CCCn1cc(N=O)c(N)n1. The molecule has 0 saturated carbocycles. The number of hydrogen-bond donors (Lipinski definition) is 1. The lowest BCUT2D eigenvalue weighted by atomic mass is 10.5. The number of nitrogens with zero attached hydrogens (tertiary/aromatic N) is 3. The maximum Gasteiger partial charge on any atom is 0.175 e. The van der Waals surface area contributed by atoms with Crippen LogP contribution < -0.4 is 5.73 Å². The van der Waals surface area contributed by atoms with Gasteiger partial charge < -0.3 is 5.73 Å². The number of nitroso groups, excluding NO2 is 1. The molecule has 0 aliphatic heterocycles. The van der Waals surface area contributed by atoms with Gasteiger partial charge in [0.1, 0.15) is 0 Å². The molecule has 1 heterocycles. The maximum atomic E-state index is 10.1. The quantitative estimate of drug-likeness (QED) is 0.666. The van der Waals surface area contributed by atoms with Gasteiger partial charge in [-0.05, 0) is 11.6 Å². The van der Waals surface area contributed by atoms with Crippen molar-refractivity contribution in [3.8, 4) is 0 Å². The number of hydrogen-bond acceptors (Lipinski definition) is 4. The predicted molar refractivity (Wildman–Crippen MR) is 42.4 cm³/mol. The number of rotatable bonds is 3. The van der Waals surface area contributed by atoms with Crippen LogP contribution in [0, 0.1) is 4.91 Å². The first kappa shape index (κ1) is 7.71. The zero-order valence-corrected chi connectivity index (χ0v) is 6.32. The van der Waals surface area contributed by atoms with Gasteiger partial charge in [-0.15, -0.1) is 4.91 Å². The van der Waals surface area contributed by atoms with Crippen LogP contribution in [-0.2, 0) is 6.54 Å². The molecule has 0 aromatic carbocycles. The molecule has 0 aliphatic carbocycles. The van der Waals surface area contributed by atoms with E-state index >= 15 is 0 Å². The van der Waals surface area contributed by atoms with Gasteiger partial charge in [0, 0.05) is 6.54 Å². The van der Waals surface area contributed by atoms with Crippen LogP contribution in [0.25, 0.3) is 0 Å². The Kier molecular flexibility index (Phi) is 2.20. The van der Waals surface area contributed by atoms with Crippen LogP contribution in [0.1, 0.15) is 13.3 Å². The molecule has 0 saturated heterocycles. The molecule has 11 heavy (non-hydrogen) atoms. The van der Waals surface area contributed by atoms with E-state index in [0.29, 0.717) is 0 Å². The van der Waals surface area contributed by atoms with E-state index in [4.69, 9.17) is 5.73 Å². The van der Waals surface area contributed by atoms with Crippen molar-refractivity contribution < 1.29 is 0 Å². The molecular weight excluding hydrogens is 144 g/mol. The first-order chi connectivity index (χ1) is 5.27. The molecule has 0 spiro atoms. The first-order valence-corrected chi connectivity index (χ1v) is 3.44. The summed E-state index contributed by atoms with van der Waals surface area (Å²) in [7, 11) is 0. The molecule has 1 rings (SSSR count). The number of anilines is 1. The second-order valence-electron chi connectivity index (χ2n) is 2.25. The molecule has 5 nitrogen and oxygen atoms in total. The van der Waals surface area contributed by atoms with E-state index in [2.05, 4.69) is 10.3 Å². The molecule has 0 aliphatic rings. The van der Waals surface area contributed by atoms with Crippen molar-refractivity contribution in [1.82, 2.24) is 9.78 Å². The second-order valence-corrected chi connectivity index (χ2v) is 2.25. The Morgan fingerprint density at radius 2 is 2.55 bits per heavy atom. The number of nitrogens with two attached hydrogens (primary N) is 1. The third kappa shape index (κ3) is 1.54. The fourth-order valence-electron chi connectivity index (χ4n) is 0.840. The van der Waals surface area contributed by atoms with E-state index in [9.17, 15) is 4.91 Å². The highest BCUT2D eigenvalue weighted by Gasteiger charge is 2.03. The summed E-state index contributed by atoms with van der Waals surface area (Å²) in [5.41, 5.74) is 5.58. The zero-order valence-electron chi connectivity index (χ0n) is 6.32. The zero-order chi connectivity index (χ0) is 8.27. The standard InChI is InChI=1S/C6H10N4O/c1-2-3-10-4-5(9-11)6(7)8-10/h4H,2-3H2,1H3,(H2,7,8). The summed E-state index contributed by atoms with van der Waals surface area (Å²) >= 11 is 0. The molecule has 60 valence electrons. The summed E-state index contributed by atoms with van der Waals surface area (Å²) in [6.45, 7) is 2.78.